The van der Waals surface area contributed by atoms with Gasteiger partial charge in [-0.05, 0) is 32.1 Å². The van der Waals surface area contributed by atoms with Gasteiger partial charge >= 0.3 is 5.97 Å². The van der Waals surface area contributed by atoms with E-state index in [2.05, 4.69) is 6.92 Å². The second-order valence-electron chi connectivity index (χ2n) is 4.18. The maximum absolute atomic E-state index is 11.5. The zero-order chi connectivity index (χ0) is 10.1. The third kappa shape index (κ3) is 1.98. The molecule has 3 unspecified atom stereocenters. The maximum Gasteiger partial charge on any atom is 0.311 e. The van der Waals surface area contributed by atoms with E-state index in [0.29, 0.717) is 5.92 Å². The molecular formula is C10H17ClO2. The van der Waals surface area contributed by atoms with E-state index in [1.165, 1.54) is 7.11 Å². The SMILES string of the molecule is COC(=O)C1(C)CCC(Cl)CC1C. The normalized spacial score (nSPS) is 40.0. The average Bonchev–Trinajstić information content (AvgIpc) is 2.11. The fourth-order valence-electron chi connectivity index (χ4n) is 2.00. The minimum atomic E-state index is -0.319. The number of rotatable bonds is 1. The number of hydrogen-bond donors (Lipinski definition) is 0. The Hall–Kier alpha value is -0.240. The third-order valence-corrected chi connectivity index (χ3v) is 3.72. The highest BCUT2D eigenvalue weighted by Gasteiger charge is 2.43. The van der Waals surface area contributed by atoms with Crippen molar-refractivity contribution in [3.63, 3.8) is 0 Å². The van der Waals surface area contributed by atoms with E-state index in [1.54, 1.807) is 0 Å². The lowest BCUT2D eigenvalue weighted by Gasteiger charge is -2.38. The quantitative estimate of drug-likeness (QED) is 0.485. The average molecular weight is 205 g/mol. The molecule has 0 heterocycles. The molecule has 2 nitrogen and oxygen atoms in total. The molecule has 3 atom stereocenters. The molecule has 0 aliphatic heterocycles. The van der Waals surface area contributed by atoms with Crippen molar-refractivity contribution in [2.75, 3.05) is 7.11 Å². The molecule has 1 saturated carbocycles. The molecule has 0 N–H and O–H groups in total. The van der Waals surface area contributed by atoms with E-state index in [0.717, 1.165) is 19.3 Å². The number of esters is 1. The summed E-state index contributed by atoms with van der Waals surface area (Å²) in [5.74, 6) is 0.222. The molecule has 0 bridgehead atoms. The van der Waals surface area contributed by atoms with Crippen molar-refractivity contribution in [2.45, 2.75) is 38.5 Å². The van der Waals surface area contributed by atoms with Crippen LogP contribution in [0.15, 0.2) is 0 Å². The van der Waals surface area contributed by atoms with Crippen molar-refractivity contribution < 1.29 is 9.53 Å². The minimum Gasteiger partial charge on any atom is -0.469 e. The lowest BCUT2D eigenvalue weighted by Crippen LogP contribution is -2.40. The van der Waals surface area contributed by atoms with Crippen LogP contribution in [-0.4, -0.2) is 18.5 Å². The first-order valence-electron chi connectivity index (χ1n) is 4.73. The van der Waals surface area contributed by atoms with Crippen LogP contribution in [0.4, 0.5) is 0 Å². The molecular weight excluding hydrogens is 188 g/mol. The van der Waals surface area contributed by atoms with Gasteiger partial charge in [-0.2, -0.15) is 0 Å². The van der Waals surface area contributed by atoms with Crippen molar-refractivity contribution in [3.05, 3.63) is 0 Å². The zero-order valence-electron chi connectivity index (χ0n) is 8.47. The van der Waals surface area contributed by atoms with Crippen LogP contribution in [0.25, 0.3) is 0 Å². The number of alkyl halides is 1. The molecule has 76 valence electrons. The molecule has 0 radical (unpaired) electrons. The molecule has 0 aromatic heterocycles. The Morgan fingerprint density at radius 1 is 1.62 bits per heavy atom. The number of halogens is 1. The number of methoxy groups -OCH3 is 1. The summed E-state index contributed by atoms with van der Waals surface area (Å²) >= 11 is 6.03. The van der Waals surface area contributed by atoms with Gasteiger partial charge in [-0.1, -0.05) is 6.92 Å². The summed E-state index contributed by atoms with van der Waals surface area (Å²) in [5, 5.41) is 0.229. The Kier molecular flexibility index (Phi) is 3.23. The lowest BCUT2D eigenvalue weighted by atomic mass is 9.68. The first-order chi connectivity index (χ1) is 6.00. The molecule has 0 spiro atoms. The molecule has 1 fully saturated rings. The van der Waals surface area contributed by atoms with E-state index in [-0.39, 0.29) is 16.8 Å². The fourth-order valence-corrected chi connectivity index (χ4v) is 2.38. The van der Waals surface area contributed by atoms with Crippen LogP contribution in [0.2, 0.25) is 0 Å². The van der Waals surface area contributed by atoms with Crippen LogP contribution in [0.5, 0.6) is 0 Å². The standard InChI is InChI=1S/C10H17ClO2/c1-7-6-8(11)4-5-10(7,2)9(12)13-3/h7-8H,4-6H2,1-3H3. The van der Waals surface area contributed by atoms with Gasteiger partial charge in [-0.3, -0.25) is 4.79 Å². The van der Waals surface area contributed by atoms with Crippen LogP contribution < -0.4 is 0 Å². The largest absolute Gasteiger partial charge is 0.469 e. The molecule has 1 aliphatic carbocycles. The minimum absolute atomic E-state index is 0.0939. The summed E-state index contributed by atoms with van der Waals surface area (Å²) in [7, 11) is 1.45. The van der Waals surface area contributed by atoms with Crippen LogP contribution in [-0.2, 0) is 9.53 Å². The van der Waals surface area contributed by atoms with Gasteiger partial charge in [-0.25, -0.2) is 0 Å². The molecule has 1 rings (SSSR count). The number of carbonyl (C=O) groups excluding carboxylic acids is 1. The monoisotopic (exact) mass is 204 g/mol. The van der Waals surface area contributed by atoms with E-state index >= 15 is 0 Å². The summed E-state index contributed by atoms with van der Waals surface area (Å²) in [5.41, 5.74) is -0.319. The number of carbonyl (C=O) groups is 1. The molecule has 0 aromatic carbocycles. The Labute approximate surface area is 84.6 Å². The van der Waals surface area contributed by atoms with Crippen molar-refractivity contribution in [3.8, 4) is 0 Å². The van der Waals surface area contributed by atoms with Crippen molar-refractivity contribution in [1.82, 2.24) is 0 Å². The first kappa shape index (κ1) is 10.8. The van der Waals surface area contributed by atoms with Gasteiger partial charge in [0.2, 0.25) is 0 Å². The van der Waals surface area contributed by atoms with Gasteiger partial charge < -0.3 is 4.74 Å². The second-order valence-corrected chi connectivity index (χ2v) is 4.80. The Bertz CT molecular complexity index is 205. The van der Waals surface area contributed by atoms with Crippen LogP contribution in [0.3, 0.4) is 0 Å². The molecule has 0 saturated heterocycles. The highest BCUT2D eigenvalue weighted by molar-refractivity contribution is 6.20. The van der Waals surface area contributed by atoms with E-state index < -0.39 is 0 Å². The van der Waals surface area contributed by atoms with E-state index in [1.807, 2.05) is 6.92 Å². The summed E-state index contributed by atoms with van der Waals surface area (Å²) in [4.78, 5) is 11.5. The van der Waals surface area contributed by atoms with Crippen LogP contribution in [0.1, 0.15) is 33.1 Å². The summed E-state index contributed by atoms with van der Waals surface area (Å²) in [6, 6.07) is 0. The van der Waals surface area contributed by atoms with Gasteiger partial charge in [-0.15, -0.1) is 11.6 Å². The van der Waals surface area contributed by atoms with Gasteiger partial charge in [0.05, 0.1) is 12.5 Å². The van der Waals surface area contributed by atoms with Crippen molar-refractivity contribution in [1.29, 1.82) is 0 Å². The van der Waals surface area contributed by atoms with Gasteiger partial charge in [0.25, 0.3) is 0 Å². The topological polar surface area (TPSA) is 26.3 Å². The predicted octanol–water partition coefficient (Wildman–Crippen LogP) is 2.59. The molecule has 1 aliphatic rings. The number of ether oxygens (including phenoxy) is 1. The summed E-state index contributed by atoms with van der Waals surface area (Å²) in [6.07, 6.45) is 2.67. The smallest absolute Gasteiger partial charge is 0.311 e. The maximum atomic E-state index is 11.5. The Balaban J connectivity index is 2.73. The fraction of sp³-hybridized carbons (Fsp3) is 0.900. The highest BCUT2D eigenvalue weighted by atomic mass is 35.5. The zero-order valence-corrected chi connectivity index (χ0v) is 9.23. The van der Waals surface area contributed by atoms with Crippen molar-refractivity contribution >= 4 is 17.6 Å². The molecule has 0 amide bonds. The molecule has 0 aromatic rings. The van der Waals surface area contributed by atoms with Gasteiger partial charge in [0, 0.05) is 5.38 Å². The van der Waals surface area contributed by atoms with Gasteiger partial charge in [0.1, 0.15) is 0 Å². The first-order valence-corrected chi connectivity index (χ1v) is 5.17. The summed E-state index contributed by atoms with van der Waals surface area (Å²) < 4.78 is 4.82. The third-order valence-electron chi connectivity index (χ3n) is 3.33. The van der Waals surface area contributed by atoms with Crippen LogP contribution in [0, 0.1) is 11.3 Å². The van der Waals surface area contributed by atoms with Crippen LogP contribution >= 0.6 is 11.6 Å². The summed E-state index contributed by atoms with van der Waals surface area (Å²) in [6.45, 7) is 4.05. The molecule has 3 heteroatoms. The Morgan fingerprint density at radius 2 is 2.23 bits per heavy atom. The lowest BCUT2D eigenvalue weighted by molar-refractivity contribution is -0.156. The number of hydrogen-bond acceptors (Lipinski definition) is 2. The predicted molar refractivity (Wildman–Crippen MR) is 52.8 cm³/mol. The van der Waals surface area contributed by atoms with E-state index in [4.69, 9.17) is 16.3 Å². The highest BCUT2D eigenvalue weighted by Crippen LogP contribution is 2.43. The Morgan fingerprint density at radius 3 is 2.69 bits per heavy atom. The second kappa shape index (κ2) is 3.87. The van der Waals surface area contributed by atoms with Gasteiger partial charge in [0.15, 0.2) is 0 Å². The molecule has 13 heavy (non-hydrogen) atoms. The van der Waals surface area contributed by atoms with E-state index in [9.17, 15) is 4.79 Å². The van der Waals surface area contributed by atoms with Crippen molar-refractivity contribution in [2.24, 2.45) is 11.3 Å².